The number of nitrogens with one attached hydrogen (secondary N) is 1. The number of carbonyl (C=O) groups excluding carboxylic acids is 1. The molecule has 1 saturated heterocycles. The number of rotatable bonds is 4. The van der Waals surface area contributed by atoms with Crippen molar-refractivity contribution in [3.8, 4) is 0 Å². The molecule has 182 valence electrons. The number of amides is 1. The first-order valence-electron chi connectivity index (χ1n) is 13.1. The molecular formula is C27H41N3O3. The molecule has 1 amide bonds. The molecule has 1 aromatic heterocycles. The average molecular weight is 456 g/mol. The van der Waals surface area contributed by atoms with Gasteiger partial charge >= 0.3 is 0 Å². The minimum Gasteiger partial charge on any atom is -0.396 e. The van der Waals surface area contributed by atoms with E-state index in [9.17, 15) is 15.0 Å². The highest BCUT2D eigenvalue weighted by molar-refractivity contribution is 5.94. The minimum atomic E-state index is -0.179. The van der Waals surface area contributed by atoms with Gasteiger partial charge in [-0.1, -0.05) is 26.0 Å². The second-order valence-electron chi connectivity index (χ2n) is 11.8. The molecule has 3 N–H and O–H groups in total. The SMILES string of the molecule is C=C1CCC2C(CO)C([C@@]3(C)Cc4c(C(=O)N5CCCCC5)n[nH]c4C[C@@H]3CO)CCC12C. The first-order valence-corrected chi connectivity index (χ1v) is 13.1. The quantitative estimate of drug-likeness (QED) is 0.604. The summed E-state index contributed by atoms with van der Waals surface area (Å²) >= 11 is 0. The van der Waals surface area contributed by atoms with Gasteiger partial charge in [0.1, 0.15) is 0 Å². The molecule has 6 atom stereocenters. The van der Waals surface area contributed by atoms with E-state index in [4.69, 9.17) is 0 Å². The molecule has 0 bridgehead atoms. The number of allylic oxidation sites excluding steroid dienone is 1. The van der Waals surface area contributed by atoms with Gasteiger partial charge in [-0.2, -0.15) is 5.10 Å². The van der Waals surface area contributed by atoms with Crippen LogP contribution in [0.4, 0.5) is 0 Å². The molecule has 2 heterocycles. The van der Waals surface area contributed by atoms with E-state index in [1.54, 1.807) is 0 Å². The topological polar surface area (TPSA) is 89.5 Å². The Hall–Kier alpha value is -1.66. The highest BCUT2D eigenvalue weighted by Gasteiger charge is 2.57. The summed E-state index contributed by atoms with van der Waals surface area (Å²) in [4.78, 5) is 15.3. The van der Waals surface area contributed by atoms with Crippen LogP contribution in [0.2, 0.25) is 0 Å². The molecule has 4 aliphatic rings. The smallest absolute Gasteiger partial charge is 0.274 e. The fraction of sp³-hybridized carbons (Fsp3) is 0.778. The first-order chi connectivity index (χ1) is 15.8. The van der Waals surface area contributed by atoms with Crippen molar-refractivity contribution in [1.82, 2.24) is 15.1 Å². The van der Waals surface area contributed by atoms with Crippen molar-refractivity contribution in [3.63, 3.8) is 0 Å². The van der Waals surface area contributed by atoms with Crippen LogP contribution in [0.3, 0.4) is 0 Å². The van der Waals surface area contributed by atoms with Crippen LogP contribution in [0.25, 0.3) is 0 Å². The average Bonchev–Trinajstić information content (AvgIpc) is 3.37. The summed E-state index contributed by atoms with van der Waals surface area (Å²) in [6.07, 6.45) is 9.07. The van der Waals surface area contributed by atoms with Crippen molar-refractivity contribution >= 4 is 5.91 Å². The molecule has 3 fully saturated rings. The van der Waals surface area contributed by atoms with Gasteiger partial charge in [0, 0.05) is 37.6 Å². The van der Waals surface area contributed by atoms with Crippen LogP contribution in [-0.2, 0) is 12.8 Å². The molecule has 0 aromatic carbocycles. The molecule has 4 unspecified atom stereocenters. The predicted octanol–water partition coefficient (Wildman–Crippen LogP) is 3.74. The van der Waals surface area contributed by atoms with E-state index in [2.05, 4.69) is 30.6 Å². The molecule has 3 aliphatic carbocycles. The van der Waals surface area contributed by atoms with E-state index in [-0.39, 0.29) is 41.8 Å². The third-order valence-electron chi connectivity index (χ3n) is 10.4. The Morgan fingerprint density at radius 1 is 1.15 bits per heavy atom. The highest BCUT2D eigenvalue weighted by Crippen LogP contribution is 2.62. The van der Waals surface area contributed by atoms with Crippen molar-refractivity contribution in [3.05, 3.63) is 29.1 Å². The van der Waals surface area contributed by atoms with E-state index < -0.39 is 0 Å². The molecule has 5 rings (SSSR count). The number of fused-ring (bicyclic) bond motifs is 2. The minimum absolute atomic E-state index is 0.0546. The van der Waals surface area contributed by atoms with Gasteiger partial charge in [-0.3, -0.25) is 9.89 Å². The Morgan fingerprint density at radius 2 is 1.91 bits per heavy atom. The van der Waals surface area contributed by atoms with E-state index in [0.717, 1.165) is 69.3 Å². The molecule has 1 aromatic rings. The molecule has 0 radical (unpaired) electrons. The molecule has 33 heavy (non-hydrogen) atoms. The van der Waals surface area contributed by atoms with Gasteiger partial charge in [0.05, 0.1) is 0 Å². The predicted molar refractivity (Wildman–Crippen MR) is 128 cm³/mol. The van der Waals surface area contributed by atoms with Crippen LogP contribution in [0.5, 0.6) is 0 Å². The van der Waals surface area contributed by atoms with Crippen molar-refractivity contribution in [2.24, 2.45) is 34.5 Å². The zero-order valence-electron chi connectivity index (χ0n) is 20.4. The van der Waals surface area contributed by atoms with E-state index >= 15 is 0 Å². The summed E-state index contributed by atoms with van der Waals surface area (Å²) in [5.74, 6) is 1.11. The molecule has 6 heteroatoms. The van der Waals surface area contributed by atoms with Crippen molar-refractivity contribution in [2.75, 3.05) is 26.3 Å². The molecular weight excluding hydrogens is 414 g/mol. The number of carbonyl (C=O) groups is 1. The van der Waals surface area contributed by atoms with Crippen molar-refractivity contribution in [1.29, 1.82) is 0 Å². The summed E-state index contributed by atoms with van der Waals surface area (Å²) in [6.45, 7) is 11.0. The van der Waals surface area contributed by atoms with Crippen LogP contribution >= 0.6 is 0 Å². The summed E-state index contributed by atoms with van der Waals surface area (Å²) in [7, 11) is 0. The Bertz CT molecular complexity index is 920. The van der Waals surface area contributed by atoms with E-state index in [1.165, 1.54) is 12.0 Å². The van der Waals surface area contributed by atoms with Gasteiger partial charge in [0.2, 0.25) is 0 Å². The first kappa shape index (κ1) is 23.1. The summed E-state index contributed by atoms with van der Waals surface area (Å²) in [5, 5.41) is 28.7. The molecule has 2 saturated carbocycles. The van der Waals surface area contributed by atoms with Gasteiger partial charge in [-0.15, -0.1) is 0 Å². The Kier molecular flexibility index (Phi) is 5.97. The zero-order chi connectivity index (χ0) is 23.4. The maximum Gasteiger partial charge on any atom is 0.274 e. The Labute approximate surface area is 197 Å². The third kappa shape index (κ3) is 3.51. The van der Waals surface area contributed by atoms with Crippen LogP contribution < -0.4 is 0 Å². The van der Waals surface area contributed by atoms with Gasteiger partial charge in [-0.25, -0.2) is 0 Å². The Balaban J connectivity index is 1.47. The Morgan fingerprint density at radius 3 is 2.61 bits per heavy atom. The fourth-order valence-corrected chi connectivity index (χ4v) is 8.16. The lowest BCUT2D eigenvalue weighted by molar-refractivity contribution is -0.0738. The second kappa shape index (κ2) is 8.53. The van der Waals surface area contributed by atoms with E-state index in [0.29, 0.717) is 24.0 Å². The normalized spacial score (nSPS) is 38.8. The second-order valence-corrected chi connectivity index (χ2v) is 11.8. The van der Waals surface area contributed by atoms with Crippen LogP contribution in [0, 0.1) is 34.5 Å². The number of aliphatic hydroxyl groups is 2. The maximum atomic E-state index is 13.4. The maximum absolute atomic E-state index is 13.4. The van der Waals surface area contributed by atoms with Gasteiger partial charge < -0.3 is 15.1 Å². The number of aliphatic hydroxyl groups excluding tert-OH is 2. The number of nitrogens with zero attached hydrogens (tertiary/aromatic N) is 2. The number of likely N-dealkylation sites (tertiary alicyclic amines) is 1. The van der Waals surface area contributed by atoms with Crippen LogP contribution in [0.15, 0.2) is 12.2 Å². The van der Waals surface area contributed by atoms with E-state index in [1.807, 2.05) is 4.90 Å². The van der Waals surface area contributed by atoms with Crippen molar-refractivity contribution in [2.45, 2.75) is 71.6 Å². The van der Waals surface area contributed by atoms with Gasteiger partial charge in [-0.05, 0) is 92.3 Å². The highest BCUT2D eigenvalue weighted by atomic mass is 16.3. The van der Waals surface area contributed by atoms with Crippen LogP contribution in [-0.4, -0.2) is 57.5 Å². The summed E-state index contributed by atoms with van der Waals surface area (Å²) in [5.41, 5.74) is 3.95. The molecule has 1 aliphatic heterocycles. The monoisotopic (exact) mass is 455 g/mol. The number of H-pyrrole nitrogens is 1. The lowest BCUT2D eigenvalue weighted by Crippen LogP contribution is -2.52. The van der Waals surface area contributed by atoms with Gasteiger partial charge in [0.15, 0.2) is 5.69 Å². The van der Waals surface area contributed by atoms with Crippen molar-refractivity contribution < 1.29 is 15.0 Å². The lowest BCUT2D eigenvalue weighted by Gasteiger charge is -2.55. The van der Waals surface area contributed by atoms with Crippen LogP contribution in [0.1, 0.15) is 80.5 Å². The number of aromatic amines is 1. The summed E-state index contributed by atoms with van der Waals surface area (Å²) in [6, 6.07) is 0. The van der Waals surface area contributed by atoms with Gasteiger partial charge in [0.25, 0.3) is 5.91 Å². The number of hydrogen-bond donors (Lipinski definition) is 3. The number of piperidine rings is 1. The third-order valence-corrected chi connectivity index (χ3v) is 10.4. The largest absolute Gasteiger partial charge is 0.396 e. The zero-order valence-corrected chi connectivity index (χ0v) is 20.4. The summed E-state index contributed by atoms with van der Waals surface area (Å²) < 4.78 is 0. The fourth-order valence-electron chi connectivity index (χ4n) is 8.16. The lowest BCUT2D eigenvalue weighted by atomic mass is 9.49. The number of hydrogen-bond acceptors (Lipinski definition) is 4. The number of aromatic nitrogens is 2. The molecule has 6 nitrogen and oxygen atoms in total. The molecule has 0 spiro atoms. The standard InChI is InChI=1S/C27H41N3O3/c1-17-7-8-21-20(16-32)22(9-10-26(17,21)2)27(3)14-19-23(13-18(27)15-31)28-29-24(19)25(33)30-11-5-4-6-12-30/h18,20-22,31-32H,1,4-16H2,2-3H3,(H,28,29)/t18-,20?,21?,22?,26?,27+/m1/s1.